The topological polar surface area (TPSA) is 59.3 Å². The van der Waals surface area contributed by atoms with Gasteiger partial charge in [0.05, 0.1) is 12.2 Å². The molecule has 0 aliphatic carbocycles. The van der Waals surface area contributed by atoms with E-state index in [1.165, 1.54) is 12.1 Å². The number of rotatable bonds is 5. The van der Waals surface area contributed by atoms with Crippen molar-refractivity contribution in [2.24, 2.45) is 0 Å². The first-order chi connectivity index (χ1) is 9.35. The molecule has 4 nitrogen and oxygen atoms in total. The van der Waals surface area contributed by atoms with E-state index in [0.29, 0.717) is 5.56 Å². The molecule has 0 amide bonds. The molecule has 0 spiro atoms. The highest BCUT2D eigenvalue weighted by Crippen LogP contribution is 2.27. The third-order valence-corrected chi connectivity index (χ3v) is 2.32. The van der Waals surface area contributed by atoms with E-state index in [1.54, 1.807) is 13.0 Å². The lowest BCUT2D eigenvalue weighted by Crippen LogP contribution is -2.18. The number of alkyl halides is 3. The van der Waals surface area contributed by atoms with Gasteiger partial charge >= 0.3 is 12.3 Å². The summed E-state index contributed by atoms with van der Waals surface area (Å²) in [5.41, 5.74) is 0.235. The summed E-state index contributed by atoms with van der Waals surface area (Å²) >= 11 is 0. The fourth-order valence-corrected chi connectivity index (χ4v) is 1.50. The second-order valence-electron chi connectivity index (χ2n) is 3.80. The highest BCUT2D eigenvalue weighted by atomic mass is 19.4. The molecule has 1 aromatic carbocycles. The van der Waals surface area contributed by atoms with Gasteiger partial charge in [0, 0.05) is 6.42 Å². The molecule has 0 bridgehead atoms. The number of hydrogen-bond donors (Lipinski definition) is 0. The van der Waals surface area contributed by atoms with Crippen molar-refractivity contribution in [2.45, 2.75) is 26.1 Å². The van der Waals surface area contributed by atoms with Crippen molar-refractivity contribution < 1.29 is 27.4 Å². The van der Waals surface area contributed by atoms with Gasteiger partial charge in [0.2, 0.25) is 0 Å². The third-order valence-electron chi connectivity index (χ3n) is 2.32. The van der Waals surface area contributed by atoms with E-state index in [1.807, 2.05) is 0 Å². The van der Waals surface area contributed by atoms with Crippen LogP contribution < -0.4 is 4.74 Å². The molecule has 0 atom stereocenters. The molecule has 1 aromatic rings. The number of carbonyl (C=O) groups excluding carboxylic acids is 1. The Morgan fingerprint density at radius 3 is 2.65 bits per heavy atom. The maximum atomic E-state index is 12.2. The zero-order valence-electron chi connectivity index (χ0n) is 10.7. The van der Waals surface area contributed by atoms with E-state index in [4.69, 9.17) is 10.00 Å². The molecule has 0 aliphatic heterocycles. The maximum Gasteiger partial charge on any atom is 0.573 e. The van der Waals surface area contributed by atoms with Crippen LogP contribution >= 0.6 is 0 Å². The minimum atomic E-state index is -4.87. The van der Waals surface area contributed by atoms with Crippen molar-refractivity contribution in [2.75, 3.05) is 6.61 Å². The molecule has 0 fully saturated rings. The average molecular weight is 287 g/mol. The second kappa shape index (κ2) is 6.80. The number of halogens is 3. The van der Waals surface area contributed by atoms with E-state index >= 15 is 0 Å². The molecule has 0 saturated carbocycles. The number of aryl methyl sites for hydroxylation is 1. The number of esters is 1. The van der Waals surface area contributed by atoms with Gasteiger partial charge in [0.25, 0.3) is 0 Å². The first-order valence-corrected chi connectivity index (χ1v) is 5.80. The van der Waals surface area contributed by atoms with Gasteiger partial charge in [-0.2, -0.15) is 5.26 Å². The van der Waals surface area contributed by atoms with Crippen molar-refractivity contribution in [1.82, 2.24) is 0 Å². The first-order valence-electron chi connectivity index (χ1n) is 5.80. The number of benzene rings is 1. The molecule has 7 heteroatoms. The monoisotopic (exact) mass is 287 g/mol. The minimum absolute atomic E-state index is 0.0468. The highest BCUT2D eigenvalue weighted by Gasteiger charge is 2.32. The van der Waals surface area contributed by atoms with Gasteiger partial charge in [-0.15, -0.1) is 13.2 Å². The lowest BCUT2D eigenvalue weighted by Gasteiger charge is -2.11. The van der Waals surface area contributed by atoms with Crippen molar-refractivity contribution in [3.8, 4) is 11.8 Å². The van der Waals surface area contributed by atoms with E-state index in [2.05, 4.69) is 4.74 Å². The Kier molecular flexibility index (Phi) is 5.38. The van der Waals surface area contributed by atoms with E-state index in [-0.39, 0.29) is 25.0 Å². The maximum absolute atomic E-state index is 12.2. The summed E-state index contributed by atoms with van der Waals surface area (Å²) in [5, 5.41) is 8.72. The van der Waals surface area contributed by atoms with E-state index in [9.17, 15) is 18.0 Å². The van der Waals surface area contributed by atoms with Crippen LogP contribution in [0.4, 0.5) is 13.2 Å². The normalized spacial score (nSPS) is 10.8. The summed E-state index contributed by atoms with van der Waals surface area (Å²) in [4.78, 5) is 11.2. The SMILES string of the molecule is CCOC(=O)CCc1ccc(C#N)c(OC(F)(F)F)c1. The molecule has 0 aliphatic rings. The van der Waals surface area contributed by atoms with Crippen molar-refractivity contribution in [1.29, 1.82) is 5.26 Å². The molecule has 20 heavy (non-hydrogen) atoms. The molecule has 0 saturated heterocycles. The molecule has 108 valence electrons. The summed E-state index contributed by atoms with van der Waals surface area (Å²) in [6.45, 7) is 1.91. The fraction of sp³-hybridized carbons (Fsp3) is 0.385. The molecule has 0 radical (unpaired) electrons. The summed E-state index contributed by atoms with van der Waals surface area (Å²) in [6, 6.07) is 5.41. The van der Waals surface area contributed by atoms with Gasteiger partial charge < -0.3 is 9.47 Å². The van der Waals surface area contributed by atoms with Gasteiger partial charge in [-0.1, -0.05) is 6.07 Å². The van der Waals surface area contributed by atoms with Gasteiger partial charge in [0.15, 0.2) is 0 Å². The number of ether oxygens (including phenoxy) is 2. The molecule has 1 rings (SSSR count). The predicted molar refractivity (Wildman–Crippen MR) is 62.8 cm³/mol. The smallest absolute Gasteiger partial charge is 0.466 e. The highest BCUT2D eigenvalue weighted by molar-refractivity contribution is 5.69. The van der Waals surface area contributed by atoms with Crippen molar-refractivity contribution >= 4 is 5.97 Å². The van der Waals surface area contributed by atoms with Crippen LogP contribution in [0.25, 0.3) is 0 Å². The van der Waals surface area contributed by atoms with Crippen LogP contribution in [0.2, 0.25) is 0 Å². The Balaban J connectivity index is 2.82. The zero-order chi connectivity index (χ0) is 15.2. The van der Waals surface area contributed by atoms with Crippen LogP contribution in [0, 0.1) is 11.3 Å². The van der Waals surface area contributed by atoms with Gasteiger partial charge in [0.1, 0.15) is 11.8 Å². The Hall–Kier alpha value is -2.23. The van der Waals surface area contributed by atoms with Crippen LogP contribution in [0.15, 0.2) is 18.2 Å². The summed E-state index contributed by atoms with van der Waals surface area (Å²) < 4.78 is 45.1. The Bertz CT molecular complexity index is 521. The van der Waals surface area contributed by atoms with E-state index < -0.39 is 18.1 Å². The zero-order valence-corrected chi connectivity index (χ0v) is 10.7. The lowest BCUT2D eigenvalue weighted by molar-refractivity contribution is -0.274. The Labute approximate surface area is 113 Å². The molecule has 0 N–H and O–H groups in total. The fourth-order valence-electron chi connectivity index (χ4n) is 1.50. The lowest BCUT2D eigenvalue weighted by atomic mass is 10.1. The van der Waals surface area contributed by atoms with Gasteiger partial charge in [-0.25, -0.2) is 0 Å². The summed E-state index contributed by atoms with van der Waals surface area (Å²) in [7, 11) is 0. The second-order valence-corrected chi connectivity index (χ2v) is 3.80. The average Bonchev–Trinajstić information content (AvgIpc) is 2.35. The van der Waals surface area contributed by atoms with Gasteiger partial charge in [-0.05, 0) is 31.0 Å². The van der Waals surface area contributed by atoms with Crippen LogP contribution in [0.5, 0.6) is 5.75 Å². The predicted octanol–water partition coefficient (Wildman–Crippen LogP) is 2.95. The van der Waals surface area contributed by atoms with Crippen LogP contribution in [-0.2, 0) is 16.0 Å². The number of carbonyl (C=O) groups is 1. The standard InChI is InChI=1S/C13H12F3NO3/c1-2-19-12(18)6-4-9-3-5-10(8-17)11(7-9)20-13(14,15)16/h3,5,7H,2,4,6H2,1H3. The van der Waals surface area contributed by atoms with Crippen LogP contribution in [0.1, 0.15) is 24.5 Å². The first kappa shape index (κ1) is 15.8. The molecule has 0 aromatic heterocycles. The van der Waals surface area contributed by atoms with Gasteiger partial charge in [-0.3, -0.25) is 4.79 Å². The summed E-state index contributed by atoms with van der Waals surface area (Å²) in [6.07, 6.45) is -4.62. The largest absolute Gasteiger partial charge is 0.573 e. The number of nitriles is 1. The van der Waals surface area contributed by atoms with Crippen molar-refractivity contribution in [3.05, 3.63) is 29.3 Å². The molecular weight excluding hydrogens is 275 g/mol. The molecular formula is C13H12F3NO3. The third kappa shape index (κ3) is 5.18. The van der Waals surface area contributed by atoms with Crippen molar-refractivity contribution in [3.63, 3.8) is 0 Å². The number of hydrogen-bond acceptors (Lipinski definition) is 4. The summed E-state index contributed by atoms with van der Waals surface area (Å²) in [5.74, 6) is -1.00. The Morgan fingerprint density at radius 2 is 2.10 bits per heavy atom. The van der Waals surface area contributed by atoms with E-state index in [0.717, 1.165) is 6.07 Å². The van der Waals surface area contributed by atoms with Crippen LogP contribution in [0.3, 0.4) is 0 Å². The molecule has 0 unspecified atom stereocenters. The Morgan fingerprint density at radius 1 is 1.40 bits per heavy atom. The van der Waals surface area contributed by atoms with Crippen LogP contribution in [-0.4, -0.2) is 18.9 Å². The minimum Gasteiger partial charge on any atom is -0.466 e. The molecule has 0 heterocycles. The quantitative estimate of drug-likeness (QED) is 0.781. The number of nitrogens with zero attached hydrogens (tertiary/aromatic N) is 1.